The molecule has 0 spiro atoms. The lowest BCUT2D eigenvalue weighted by molar-refractivity contribution is -0.128. The van der Waals surface area contributed by atoms with E-state index in [9.17, 15) is 9.18 Å². The number of ether oxygens (including phenoxy) is 2. The Morgan fingerprint density at radius 3 is 2.84 bits per heavy atom. The fourth-order valence-electron chi connectivity index (χ4n) is 2.44. The second-order valence-corrected chi connectivity index (χ2v) is 5.53. The maximum absolute atomic E-state index is 13.1. The molecule has 0 bridgehead atoms. The second-order valence-electron chi connectivity index (χ2n) is 5.53. The molecule has 0 amide bonds. The molecule has 1 aliphatic heterocycles. The number of carbonyl (C=O) groups excluding carboxylic acids is 1. The van der Waals surface area contributed by atoms with Crippen LogP contribution in [0.15, 0.2) is 36.4 Å². The minimum absolute atomic E-state index is 0.194. The summed E-state index contributed by atoms with van der Waals surface area (Å²) in [5, 5.41) is 0. The Bertz CT molecular complexity index is 836. The first-order valence-corrected chi connectivity index (χ1v) is 7.91. The van der Waals surface area contributed by atoms with Gasteiger partial charge in [-0.2, -0.15) is 4.98 Å². The predicted molar refractivity (Wildman–Crippen MR) is 90.9 cm³/mol. The van der Waals surface area contributed by atoms with E-state index in [1.807, 2.05) is 6.07 Å². The van der Waals surface area contributed by atoms with Gasteiger partial charge in [0.05, 0.1) is 13.2 Å². The number of aryl methyl sites for hydroxylation is 1. The summed E-state index contributed by atoms with van der Waals surface area (Å²) in [4.78, 5) is 18.3. The molecule has 0 N–H and O–H groups in total. The Morgan fingerprint density at radius 2 is 2.08 bits per heavy atom. The van der Waals surface area contributed by atoms with Crippen LogP contribution in [0.2, 0.25) is 0 Å². The van der Waals surface area contributed by atoms with E-state index in [-0.39, 0.29) is 11.7 Å². The Kier molecular flexibility index (Phi) is 5.26. The molecule has 0 atom stereocenters. The van der Waals surface area contributed by atoms with Crippen LogP contribution in [-0.4, -0.2) is 37.3 Å². The maximum Gasteiger partial charge on any atom is 0.391 e. The molecule has 2 heterocycles. The van der Waals surface area contributed by atoms with Crippen molar-refractivity contribution in [2.75, 3.05) is 31.2 Å². The number of esters is 1. The summed E-state index contributed by atoms with van der Waals surface area (Å²) in [7, 11) is 0. The quantitative estimate of drug-likeness (QED) is 0.620. The summed E-state index contributed by atoms with van der Waals surface area (Å²) in [5.74, 6) is 4.97. The van der Waals surface area contributed by atoms with Crippen molar-refractivity contribution in [3.8, 4) is 17.7 Å². The van der Waals surface area contributed by atoms with Gasteiger partial charge >= 0.3 is 5.97 Å². The summed E-state index contributed by atoms with van der Waals surface area (Å²) in [6, 6.07) is 9.43. The standard InChI is InChI=1S/C19H17FN2O3/c1-14-13-16(20)7-5-15(14)6-8-19(23)25-18-4-2-3-17(21-18)22-9-11-24-12-10-22/h2-5,7,13H,9-12H2,1H3. The number of aromatic nitrogens is 1. The topological polar surface area (TPSA) is 51.7 Å². The number of morpholine rings is 1. The van der Waals surface area contributed by atoms with Gasteiger partial charge in [0.25, 0.3) is 0 Å². The molecule has 1 saturated heterocycles. The zero-order valence-corrected chi connectivity index (χ0v) is 13.8. The lowest BCUT2D eigenvalue weighted by atomic mass is 10.1. The van der Waals surface area contributed by atoms with Crippen LogP contribution in [0.1, 0.15) is 11.1 Å². The first kappa shape index (κ1) is 16.9. The second kappa shape index (κ2) is 7.77. The third kappa shape index (κ3) is 4.55. The number of pyridine rings is 1. The Labute approximate surface area is 145 Å². The molecular weight excluding hydrogens is 323 g/mol. The van der Waals surface area contributed by atoms with Gasteiger partial charge < -0.3 is 14.4 Å². The van der Waals surface area contributed by atoms with Crippen LogP contribution < -0.4 is 9.64 Å². The van der Waals surface area contributed by atoms with Crippen LogP contribution in [0.4, 0.5) is 10.2 Å². The minimum Gasteiger partial charge on any atom is -0.398 e. The van der Waals surface area contributed by atoms with E-state index < -0.39 is 5.97 Å². The third-order valence-electron chi connectivity index (χ3n) is 3.73. The fourth-order valence-corrected chi connectivity index (χ4v) is 2.44. The maximum atomic E-state index is 13.1. The molecule has 0 radical (unpaired) electrons. The van der Waals surface area contributed by atoms with Crippen molar-refractivity contribution in [2.24, 2.45) is 0 Å². The molecule has 0 unspecified atom stereocenters. The van der Waals surface area contributed by atoms with Crippen molar-refractivity contribution in [2.45, 2.75) is 6.92 Å². The Balaban J connectivity index is 1.68. The largest absolute Gasteiger partial charge is 0.398 e. The van der Waals surface area contributed by atoms with Gasteiger partial charge in [-0.1, -0.05) is 12.0 Å². The van der Waals surface area contributed by atoms with Gasteiger partial charge in [0.15, 0.2) is 0 Å². The lowest BCUT2D eigenvalue weighted by Gasteiger charge is -2.27. The van der Waals surface area contributed by atoms with Gasteiger partial charge in [-0.25, -0.2) is 9.18 Å². The van der Waals surface area contributed by atoms with Crippen molar-refractivity contribution in [1.29, 1.82) is 0 Å². The van der Waals surface area contributed by atoms with Crippen molar-refractivity contribution in [3.63, 3.8) is 0 Å². The molecule has 1 aromatic carbocycles. The highest BCUT2D eigenvalue weighted by molar-refractivity contribution is 5.90. The fraction of sp³-hybridized carbons (Fsp3) is 0.263. The van der Waals surface area contributed by atoms with Gasteiger partial charge in [-0.05, 0) is 36.8 Å². The van der Waals surface area contributed by atoms with Crippen LogP contribution in [0.3, 0.4) is 0 Å². The number of halogens is 1. The molecule has 0 aliphatic carbocycles. The van der Waals surface area contributed by atoms with Gasteiger partial charge in [-0.15, -0.1) is 0 Å². The molecule has 128 valence electrons. The molecular formula is C19H17FN2O3. The van der Waals surface area contributed by atoms with Crippen LogP contribution >= 0.6 is 0 Å². The van der Waals surface area contributed by atoms with E-state index in [2.05, 4.69) is 21.7 Å². The van der Waals surface area contributed by atoms with Gasteiger partial charge in [0, 0.05) is 30.6 Å². The SMILES string of the molecule is Cc1cc(F)ccc1C#CC(=O)Oc1cccc(N2CCOCC2)n1. The summed E-state index contributed by atoms with van der Waals surface area (Å²) >= 11 is 0. The van der Waals surface area contributed by atoms with Crippen LogP contribution in [0, 0.1) is 24.6 Å². The summed E-state index contributed by atoms with van der Waals surface area (Å²) in [6.07, 6.45) is 0. The number of anilines is 1. The number of hydrogen-bond acceptors (Lipinski definition) is 5. The molecule has 0 saturated carbocycles. The number of rotatable bonds is 2. The van der Waals surface area contributed by atoms with Crippen molar-refractivity contribution in [3.05, 3.63) is 53.3 Å². The highest BCUT2D eigenvalue weighted by Crippen LogP contribution is 2.17. The van der Waals surface area contributed by atoms with E-state index >= 15 is 0 Å². The van der Waals surface area contributed by atoms with Crippen LogP contribution in [0.25, 0.3) is 0 Å². The van der Waals surface area contributed by atoms with Crippen LogP contribution in [0.5, 0.6) is 5.88 Å². The van der Waals surface area contributed by atoms with Crippen molar-refractivity contribution >= 4 is 11.8 Å². The molecule has 2 aromatic rings. The minimum atomic E-state index is -0.713. The third-order valence-corrected chi connectivity index (χ3v) is 3.73. The molecule has 25 heavy (non-hydrogen) atoms. The average molecular weight is 340 g/mol. The van der Waals surface area contributed by atoms with Gasteiger partial charge in [0.1, 0.15) is 11.6 Å². The summed E-state index contributed by atoms with van der Waals surface area (Å²) in [5.41, 5.74) is 1.24. The monoisotopic (exact) mass is 340 g/mol. The van der Waals surface area contributed by atoms with E-state index in [0.29, 0.717) is 24.3 Å². The number of benzene rings is 1. The van der Waals surface area contributed by atoms with Gasteiger partial charge in [-0.3, -0.25) is 0 Å². The zero-order valence-electron chi connectivity index (χ0n) is 13.8. The molecule has 3 rings (SSSR count). The number of nitrogens with zero attached hydrogens (tertiary/aromatic N) is 2. The zero-order chi connectivity index (χ0) is 17.6. The molecule has 1 fully saturated rings. The van der Waals surface area contributed by atoms with E-state index in [0.717, 1.165) is 18.9 Å². The van der Waals surface area contributed by atoms with E-state index in [1.165, 1.54) is 18.2 Å². The molecule has 5 nitrogen and oxygen atoms in total. The summed E-state index contributed by atoms with van der Waals surface area (Å²) < 4.78 is 23.6. The molecule has 6 heteroatoms. The lowest BCUT2D eigenvalue weighted by Crippen LogP contribution is -2.36. The first-order chi connectivity index (χ1) is 12.1. The van der Waals surface area contributed by atoms with Crippen molar-refractivity contribution < 1.29 is 18.7 Å². The Hall–Kier alpha value is -2.91. The molecule has 1 aromatic heterocycles. The summed E-state index contributed by atoms with van der Waals surface area (Å²) in [6.45, 7) is 4.51. The first-order valence-electron chi connectivity index (χ1n) is 7.91. The Morgan fingerprint density at radius 1 is 1.28 bits per heavy atom. The highest BCUT2D eigenvalue weighted by Gasteiger charge is 2.13. The van der Waals surface area contributed by atoms with Gasteiger partial charge in [0.2, 0.25) is 5.88 Å². The average Bonchev–Trinajstić information content (AvgIpc) is 2.62. The van der Waals surface area contributed by atoms with E-state index in [1.54, 1.807) is 19.1 Å². The van der Waals surface area contributed by atoms with Crippen LogP contribution in [-0.2, 0) is 9.53 Å². The predicted octanol–water partition coefficient (Wildman–Crippen LogP) is 2.32. The smallest absolute Gasteiger partial charge is 0.391 e. The highest BCUT2D eigenvalue weighted by atomic mass is 19.1. The molecule has 1 aliphatic rings. The van der Waals surface area contributed by atoms with E-state index in [4.69, 9.17) is 9.47 Å². The normalized spacial score (nSPS) is 13.8. The number of hydrogen-bond donors (Lipinski definition) is 0. The van der Waals surface area contributed by atoms with Crippen molar-refractivity contribution in [1.82, 2.24) is 4.98 Å². The number of carbonyl (C=O) groups is 1.